The normalized spacial score (nSPS) is 35.0. The quantitative estimate of drug-likeness (QED) is 0.589. The molecule has 7 nitrogen and oxygen atoms in total. The zero-order valence-corrected chi connectivity index (χ0v) is 14.7. The highest BCUT2D eigenvalue weighted by Gasteiger charge is 2.52. The number of methoxy groups -OCH3 is 1. The number of carbonyl (C=O) groups is 3. The number of rotatable bonds is 7. The molecule has 0 spiro atoms. The van der Waals surface area contributed by atoms with Crippen molar-refractivity contribution in [3.05, 3.63) is 0 Å². The molecule has 0 saturated heterocycles. The van der Waals surface area contributed by atoms with E-state index in [2.05, 4.69) is 5.32 Å². The Labute approximate surface area is 147 Å². The zero-order chi connectivity index (χ0) is 18.2. The SMILES string of the molecule is COC(=O)C(CC12CC3CC(CC(C3)C1)C2)NC(=O)C(N)CC(=O)O. The Kier molecular flexibility index (Phi) is 5.04. The van der Waals surface area contributed by atoms with Crippen molar-refractivity contribution in [1.82, 2.24) is 5.32 Å². The van der Waals surface area contributed by atoms with Crippen molar-refractivity contribution in [3.8, 4) is 0 Å². The van der Waals surface area contributed by atoms with Gasteiger partial charge in [0.15, 0.2) is 0 Å². The number of carbonyl (C=O) groups excluding carboxylic acids is 2. The summed E-state index contributed by atoms with van der Waals surface area (Å²) in [5.74, 6) is 0.00560. The highest BCUT2D eigenvalue weighted by atomic mass is 16.5. The summed E-state index contributed by atoms with van der Waals surface area (Å²) in [4.78, 5) is 35.1. The van der Waals surface area contributed by atoms with Crippen molar-refractivity contribution in [2.24, 2.45) is 28.9 Å². The summed E-state index contributed by atoms with van der Waals surface area (Å²) >= 11 is 0. The summed E-state index contributed by atoms with van der Waals surface area (Å²) in [5.41, 5.74) is 5.72. The Bertz CT molecular complexity index is 526. The second-order valence-electron chi connectivity index (χ2n) is 8.41. The van der Waals surface area contributed by atoms with E-state index >= 15 is 0 Å². The Hall–Kier alpha value is -1.63. The summed E-state index contributed by atoms with van der Waals surface area (Å²) in [6.07, 6.45) is 7.36. The van der Waals surface area contributed by atoms with Gasteiger partial charge in [-0.1, -0.05) is 0 Å². The molecule has 4 N–H and O–H groups in total. The van der Waals surface area contributed by atoms with E-state index in [-0.39, 0.29) is 5.41 Å². The van der Waals surface area contributed by atoms with Gasteiger partial charge in [0, 0.05) is 0 Å². The van der Waals surface area contributed by atoms with Crippen LogP contribution in [0.1, 0.15) is 51.4 Å². The summed E-state index contributed by atoms with van der Waals surface area (Å²) in [6, 6.07) is -1.92. The van der Waals surface area contributed by atoms with Crippen LogP contribution in [0.4, 0.5) is 0 Å². The molecule has 25 heavy (non-hydrogen) atoms. The highest BCUT2D eigenvalue weighted by molar-refractivity contribution is 5.89. The van der Waals surface area contributed by atoms with Crippen LogP contribution in [-0.2, 0) is 19.1 Å². The third kappa shape index (κ3) is 3.97. The molecule has 0 radical (unpaired) electrons. The molecule has 0 heterocycles. The smallest absolute Gasteiger partial charge is 0.328 e. The van der Waals surface area contributed by atoms with E-state index in [9.17, 15) is 14.4 Å². The minimum atomic E-state index is -1.17. The van der Waals surface area contributed by atoms with Gasteiger partial charge in [0.2, 0.25) is 5.91 Å². The predicted octanol–water partition coefficient (Wildman–Crippen LogP) is 1.05. The molecule has 4 bridgehead atoms. The molecule has 0 aromatic heterocycles. The van der Waals surface area contributed by atoms with Crippen molar-refractivity contribution < 1.29 is 24.2 Å². The number of nitrogens with one attached hydrogen (secondary N) is 1. The Morgan fingerprint density at radius 3 is 2.12 bits per heavy atom. The lowest BCUT2D eigenvalue weighted by molar-refractivity contribution is -0.148. The average Bonchev–Trinajstić information content (AvgIpc) is 2.51. The summed E-state index contributed by atoms with van der Waals surface area (Å²) in [7, 11) is 1.30. The number of aliphatic carboxylic acids is 1. The Morgan fingerprint density at radius 1 is 1.16 bits per heavy atom. The number of hydrogen-bond acceptors (Lipinski definition) is 5. The predicted molar refractivity (Wildman–Crippen MR) is 89.4 cm³/mol. The second kappa shape index (κ2) is 6.94. The largest absolute Gasteiger partial charge is 0.481 e. The first-order valence-corrected chi connectivity index (χ1v) is 9.16. The number of ether oxygens (including phenoxy) is 1. The zero-order valence-electron chi connectivity index (χ0n) is 14.7. The third-order valence-corrected chi connectivity index (χ3v) is 6.34. The standard InChI is InChI=1S/C18H28N2O5/c1-25-17(24)14(20-16(23)13(19)5-15(21)22)9-18-6-10-2-11(7-18)4-12(3-10)8-18/h10-14H,2-9,19H2,1H3,(H,20,23)(H,21,22). The Balaban J connectivity index is 1.68. The van der Waals surface area contributed by atoms with Crippen LogP contribution in [0, 0.1) is 23.2 Å². The maximum Gasteiger partial charge on any atom is 0.328 e. The molecular formula is C18H28N2O5. The van der Waals surface area contributed by atoms with Gasteiger partial charge in [-0.05, 0) is 68.1 Å². The van der Waals surface area contributed by atoms with E-state index in [1.54, 1.807) is 0 Å². The number of hydrogen-bond donors (Lipinski definition) is 3. The molecule has 2 unspecified atom stereocenters. The summed E-state index contributed by atoms with van der Waals surface area (Å²) in [5, 5.41) is 11.4. The maximum atomic E-state index is 12.2. The van der Waals surface area contributed by atoms with Gasteiger partial charge in [-0.25, -0.2) is 4.79 Å². The number of amides is 1. The second-order valence-corrected chi connectivity index (χ2v) is 8.41. The summed E-state index contributed by atoms with van der Waals surface area (Å²) < 4.78 is 4.88. The van der Waals surface area contributed by atoms with Gasteiger partial charge in [-0.15, -0.1) is 0 Å². The third-order valence-electron chi connectivity index (χ3n) is 6.34. The minimum absolute atomic E-state index is 0.0950. The molecule has 0 aromatic rings. The van der Waals surface area contributed by atoms with Crippen molar-refractivity contribution >= 4 is 17.8 Å². The van der Waals surface area contributed by atoms with E-state index in [1.165, 1.54) is 26.4 Å². The molecule has 140 valence electrons. The van der Waals surface area contributed by atoms with Crippen LogP contribution in [0.15, 0.2) is 0 Å². The van der Waals surface area contributed by atoms with Gasteiger partial charge in [0.05, 0.1) is 19.6 Å². The lowest BCUT2D eigenvalue weighted by Crippen LogP contribution is -2.54. The number of carboxylic acids is 1. The molecule has 4 aliphatic rings. The van der Waals surface area contributed by atoms with Gasteiger partial charge >= 0.3 is 11.9 Å². The van der Waals surface area contributed by atoms with Gasteiger partial charge in [0.1, 0.15) is 6.04 Å². The first-order valence-electron chi connectivity index (χ1n) is 9.16. The number of nitrogens with two attached hydrogens (primary N) is 1. The van der Waals surface area contributed by atoms with E-state index in [1.807, 2.05) is 0 Å². The van der Waals surface area contributed by atoms with Gasteiger partial charge in [-0.2, -0.15) is 0 Å². The van der Waals surface area contributed by atoms with Gasteiger partial charge < -0.3 is 20.9 Å². The van der Waals surface area contributed by atoms with E-state index < -0.39 is 36.4 Å². The van der Waals surface area contributed by atoms with Crippen LogP contribution in [0.25, 0.3) is 0 Å². The first-order chi connectivity index (χ1) is 11.8. The van der Waals surface area contributed by atoms with Crippen LogP contribution < -0.4 is 11.1 Å². The van der Waals surface area contributed by atoms with Crippen molar-refractivity contribution in [2.75, 3.05) is 7.11 Å². The van der Waals surface area contributed by atoms with Crippen LogP contribution in [0.5, 0.6) is 0 Å². The molecule has 0 aromatic carbocycles. The van der Waals surface area contributed by atoms with Gasteiger partial charge in [0.25, 0.3) is 0 Å². The average molecular weight is 352 g/mol. The number of carboxylic acid groups (broad SMARTS) is 1. The maximum absolute atomic E-state index is 12.2. The van der Waals surface area contributed by atoms with Crippen molar-refractivity contribution in [3.63, 3.8) is 0 Å². The number of esters is 1. The fourth-order valence-corrected chi connectivity index (χ4v) is 5.87. The summed E-state index contributed by atoms with van der Waals surface area (Å²) in [6.45, 7) is 0. The monoisotopic (exact) mass is 352 g/mol. The van der Waals surface area contributed by atoms with E-state index in [0.29, 0.717) is 6.42 Å². The minimum Gasteiger partial charge on any atom is -0.481 e. The van der Waals surface area contributed by atoms with E-state index in [0.717, 1.165) is 37.0 Å². The van der Waals surface area contributed by atoms with Crippen molar-refractivity contribution in [2.45, 2.75) is 63.5 Å². The van der Waals surface area contributed by atoms with Crippen molar-refractivity contribution in [1.29, 1.82) is 0 Å². The van der Waals surface area contributed by atoms with Crippen LogP contribution >= 0.6 is 0 Å². The van der Waals surface area contributed by atoms with Gasteiger partial charge in [-0.3, -0.25) is 9.59 Å². The first kappa shape index (κ1) is 18.2. The molecule has 0 aliphatic heterocycles. The van der Waals surface area contributed by atoms with Crippen LogP contribution in [0.2, 0.25) is 0 Å². The lowest BCUT2D eigenvalue weighted by atomic mass is 9.48. The Morgan fingerprint density at radius 2 is 1.68 bits per heavy atom. The molecule has 4 saturated carbocycles. The highest BCUT2D eigenvalue weighted by Crippen LogP contribution is 2.61. The lowest BCUT2D eigenvalue weighted by Gasteiger charge is -2.57. The molecule has 7 heteroatoms. The molecule has 1 amide bonds. The molecule has 4 rings (SSSR count). The fourth-order valence-electron chi connectivity index (χ4n) is 5.87. The van der Waals surface area contributed by atoms with E-state index in [4.69, 9.17) is 15.6 Å². The molecule has 2 atom stereocenters. The molecule has 4 fully saturated rings. The van der Waals surface area contributed by atoms with Crippen LogP contribution in [0.3, 0.4) is 0 Å². The molecular weight excluding hydrogens is 324 g/mol. The molecule has 4 aliphatic carbocycles. The van der Waals surface area contributed by atoms with Crippen LogP contribution in [-0.4, -0.2) is 42.1 Å². The topological polar surface area (TPSA) is 119 Å². The fraction of sp³-hybridized carbons (Fsp3) is 0.833.